The molecule has 3 heterocycles. The second-order valence-electron chi connectivity index (χ2n) is 6.83. The predicted octanol–water partition coefficient (Wildman–Crippen LogP) is 2.91. The normalized spacial score (nSPS) is 17.4. The molecular formula is C20H23N5O. The van der Waals surface area contributed by atoms with E-state index in [-0.39, 0.29) is 5.91 Å². The zero-order chi connectivity index (χ0) is 17.9. The second kappa shape index (κ2) is 7.15. The van der Waals surface area contributed by atoms with Crippen molar-refractivity contribution in [3.05, 3.63) is 72.1 Å². The van der Waals surface area contributed by atoms with Gasteiger partial charge < -0.3 is 9.47 Å². The summed E-state index contributed by atoms with van der Waals surface area (Å²) in [6.07, 6.45) is 9.65. The molecule has 3 aromatic rings. The number of imidazole rings is 1. The number of carbonyl (C=O) groups excluding carboxylic acids is 1. The van der Waals surface area contributed by atoms with Crippen LogP contribution in [0.2, 0.25) is 0 Å². The lowest BCUT2D eigenvalue weighted by Crippen LogP contribution is -2.40. The summed E-state index contributed by atoms with van der Waals surface area (Å²) in [5, 5.41) is 4.22. The van der Waals surface area contributed by atoms with Gasteiger partial charge in [0.1, 0.15) is 5.82 Å². The Morgan fingerprint density at radius 1 is 1.19 bits per heavy atom. The molecule has 0 radical (unpaired) electrons. The van der Waals surface area contributed by atoms with E-state index in [4.69, 9.17) is 0 Å². The highest BCUT2D eigenvalue weighted by Crippen LogP contribution is 2.24. The molecule has 1 amide bonds. The molecule has 0 aliphatic carbocycles. The molecule has 2 aromatic heterocycles. The molecule has 1 aromatic carbocycles. The third-order valence-electron chi connectivity index (χ3n) is 5.04. The fourth-order valence-corrected chi connectivity index (χ4v) is 3.66. The van der Waals surface area contributed by atoms with Crippen molar-refractivity contribution in [1.29, 1.82) is 0 Å². The lowest BCUT2D eigenvalue weighted by molar-refractivity contribution is 0.0678. The number of piperidine rings is 1. The van der Waals surface area contributed by atoms with E-state index in [0.29, 0.717) is 12.6 Å². The van der Waals surface area contributed by atoms with E-state index in [1.54, 1.807) is 6.20 Å². The Labute approximate surface area is 153 Å². The van der Waals surface area contributed by atoms with Crippen LogP contribution in [0, 0.1) is 6.92 Å². The van der Waals surface area contributed by atoms with Crippen LogP contribution in [-0.2, 0) is 6.54 Å². The first-order valence-electron chi connectivity index (χ1n) is 9.06. The minimum absolute atomic E-state index is 0.109. The standard InChI is InChI=1S/C20H23N5O/c1-16-21-10-13-25(16)19-4-2-11-23(15-19)20(26)18-7-5-17(6-8-18)14-24-12-3-9-22-24/h3,5-10,12-13,19H,2,4,11,14-15H2,1H3. The Kier molecular flexibility index (Phi) is 4.56. The van der Waals surface area contributed by atoms with E-state index >= 15 is 0 Å². The molecule has 0 N–H and O–H groups in total. The van der Waals surface area contributed by atoms with E-state index in [1.807, 2.05) is 65.4 Å². The van der Waals surface area contributed by atoms with Crippen LogP contribution in [0.5, 0.6) is 0 Å². The van der Waals surface area contributed by atoms with Crippen molar-refractivity contribution in [3.8, 4) is 0 Å². The minimum Gasteiger partial charge on any atom is -0.337 e. The highest BCUT2D eigenvalue weighted by Gasteiger charge is 2.26. The van der Waals surface area contributed by atoms with Crippen molar-refractivity contribution in [1.82, 2.24) is 24.2 Å². The van der Waals surface area contributed by atoms with Crippen molar-refractivity contribution in [2.45, 2.75) is 32.4 Å². The molecule has 1 saturated heterocycles. The maximum Gasteiger partial charge on any atom is 0.253 e. The van der Waals surface area contributed by atoms with E-state index in [1.165, 1.54) is 0 Å². The zero-order valence-electron chi connectivity index (χ0n) is 15.0. The Bertz CT molecular complexity index is 866. The average molecular weight is 349 g/mol. The fourth-order valence-electron chi connectivity index (χ4n) is 3.66. The summed E-state index contributed by atoms with van der Waals surface area (Å²) in [6, 6.07) is 10.1. The van der Waals surface area contributed by atoms with Crippen LogP contribution in [0.4, 0.5) is 0 Å². The van der Waals surface area contributed by atoms with E-state index < -0.39 is 0 Å². The van der Waals surface area contributed by atoms with Crippen LogP contribution in [0.1, 0.15) is 40.6 Å². The maximum atomic E-state index is 12.9. The van der Waals surface area contributed by atoms with Crippen LogP contribution < -0.4 is 0 Å². The number of amides is 1. The second-order valence-corrected chi connectivity index (χ2v) is 6.83. The van der Waals surface area contributed by atoms with Gasteiger partial charge in [-0.05, 0) is 43.5 Å². The molecule has 6 nitrogen and oxygen atoms in total. The molecular weight excluding hydrogens is 326 g/mol. The first kappa shape index (κ1) is 16.6. The van der Waals surface area contributed by atoms with Gasteiger partial charge in [0.05, 0.1) is 12.6 Å². The number of hydrogen-bond donors (Lipinski definition) is 0. The highest BCUT2D eigenvalue weighted by atomic mass is 16.2. The summed E-state index contributed by atoms with van der Waals surface area (Å²) in [5.41, 5.74) is 1.88. The predicted molar refractivity (Wildman–Crippen MR) is 98.9 cm³/mol. The number of aryl methyl sites for hydroxylation is 1. The third kappa shape index (κ3) is 3.40. The van der Waals surface area contributed by atoms with Gasteiger partial charge in [0.25, 0.3) is 5.91 Å². The van der Waals surface area contributed by atoms with Crippen LogP contribution in [0.15, 0.2) is 55.1 Å². The van der Waals surface area contributed by atoms with Gasteiger partial charge in [0.2, 0.25) is 0 Å². The number of rotatable bonds is 4. The number of nitrogens with zero attached hydrogens (tertiary/aromatic N) is 5. The summed E-state index contributed by atoms with van der Waals surface area (Å²) in [5.74, 6) is 1.12. The molecule has 134 valence electrons. The van der Waals surface area contributed by atoms with Crippen LogP contribution in [-0.4, -0.2) is 43.2 Å². The highest BCUT2D eigenvalue weighted by molar-refractivity contribution is 5.94. The van der Waals surface area contributed by atoms with Gasteiger partial charge >= 0.3 is 0 Å². The van der Waals surface area contributed by atoms with E-state index in [2.05, 4.69) is 14.6 Å². The molecule has 1 unspecified atom stereocenters. The van der Waals surface area contributed by atoms with Crippen molar-refractivity contribution >= 4 is 5.91 Å². The number of likely N-dealkylation sites (tertiary alicyclic amines) is 1. The Balaban J connectivity index is 1.44. The molecule has 1 aliphatic heterocycles. The first-order valence-corrected chi connectivity index (χ1v) is 9.06. The van der Waals surface area contributed by atoms with Crippen molar-refractivity contribution in [3.63, 3.8) is 0 Å². The molecule has 1 fully saturated rings. The molecule has 0 saturated carbocycles. The third-order valence-corrected chi connectivity index (χ3v) is 5.04. The van der Waals surface area contributed by atoms with Gasteiger partial charge in [-0.3, -0.25) is 9.48 Å². The van der Waals surface area contributed by atoms with Crippen LogP contribution in [0.25, 0.3) is 0 Å². The van der Waals surface area contributed by atoms with Crippen LogP contribution >= 0.6 is 0 Å². The lowest BCUT2D eigenvalue weighted by atomic mass is 10.0. The largest absolute Gasteiger partial charge is 0.337 e. The molecule has 0 bridgehead atoms. The number of carbonyl (C=O) groups is 1. The number of aromatic nitrogens is 4. The topological polar surface area (TPSA) is 56.0 Å². The molecule has 0 spiro atoms. The molecule has 26 heavy (non-hydrogen) atoms. The van der Waals surface area contributed by atoms with Gasteiger partial charge in [-0.15, -0.1) is 0 Å². The van der Waals surface area contributed by atoms with Gasteiger partial charge in [-0.2, -0.15) is 5.10 Å². The number of benzene rings is 1. The summed E-state index contributed by atoms with van der Waals surface area (Å²) in [7, 11) is 0. The minimum atomic E-state index is 0.109. The van der Waals surface area contributed by atoms with Gasteiger partial charge in [0.15, 0.2) is 0 Å². The first-order chi connectivity index (χ1) is 12.7. The van der Waals surface area contributed by atoms with Crippen LogP contribution in [0.3, 0.4) is 0 Å². The number of hydrogen-bond acceptors (Lipinski definition) is 3. The Morgan fingerprint density at radius 3 is 2.73 bits per heavy atom. The SMILES string of the molecule is Cc1nccn1C1CCCN(C(=O)c2ccc(Cn3cccn3)cc2)C1. The molecule has 4 rings (SSSR count). The summed E-state index contributed by atoms with van der Waals surface area (Å²) < 4.78 is 4.06. The van der Waals surface area contributed by atoms with Gasteiger partial charge in [0, 0.05) is 43.4 Å². The molecule has 1 aliphatic rings. The maximum absolute atomic E-state index is 12.9. The summed E-state index contributed by atoms with van der Waals surface area (Å²) in [6.45, 7) is 4.29. The van der Waals surface area contributed by atoms with E-state index in [9.17, 15) is 4.79 Å². The fraction of sp³-hybridized carbons (Fsp3) is 0.350. The van der Waals surface area contributed by atoms with Crippen molar-refractivity contribution < 1.29 is 4.79 Å². The molecule has 6 heteroatoms. The Morgan fingerprint density at radius 2 is 2.04 bits per heavy atom. The van der Waals surface area contributed by atoms with Crippen molar-refractivity contribution in [2.75, 3.05) is 13.1 Å². The van der Waals surface area contributed by atoms with Crippen molar-refractivity contribution in [2.24, 2.45) is 0 Å². The van der Waals surface area contributed by atoms with E-state index in [0.717, 1.165) is 42.9 Å². The van der Waals surface area contributed by atoms with Gasteiger partial charge in [-0.1, -0.05) is 12.1 Å². The monoisotopic (exact) mass is 349 g/mol. The smallest absolute Gasteiger partial charge is 0.253 e. The molecule has 1 atom stereocenters. The quantitative estimate of drug-likeness (QED) is 0.728. The summed E-state index contributed by atoms with van der Waals surface area (Å²) >= 11 is 0. The zero-order valence-corrected chi connectivity index (χ0v) is 15.0. The average Bonchev–Trinajstić information content (AvgIpc) is 3.33. The summed E-state index contributed by atoms with van der Waals surface area (Å²) in [4.78, 5) is 19.2. The lowest BCUT2D eigenvalue weighted by Gasteiger charge is -2.34. The Hall–Kier alpha value is -2.89. The van der Waals surface area contributed by atoms with Gasteiger partial charge in [-0.25, -0.2) is 4.98 Å².